The Morgan fingerprint density at radius 1 is 1.19 bits per heavy atom. The second-order valence-corrected chi connectivity index (χ2v) is 10.1. The van der Waals surface area contributed by atoms with Crippen molar-refractivity contribution >= 4 is 21.4 Å². The molecule has 7 heteroatoms. The number of aromatic nitrogens is 2. The quantitative estimate of drug-likeness (QED) is 0.735. The predicted molar refractivity (Wildman–Crippen MR) is 104 cm³/mol. The number of rotatable bonds is 4. The largest absolute Gasteiger partial charge is 0.342 e. The lowest BCUT2D eigenvalue weighted by Gasteiger charge is -2.30. The lowest BCUT2D eigenvalue weighted by molar-refractivity contribution is 0.310. The summed E-state index contributed by atoms with van der Waals surface area (Å²) in [5.74, 6) is 0.961. The summed E-state index contributed by atoms with van der Waals surface area (Å²) in [4.78, 5) is 8.93. The van der Waals surface area contributed by atoms with Crippen molar-refractivity contribution in [3.8, 4) is 11.3 Å². The van der Waals surface area contributed by atoms with Gasteiger partial charge in [0.2, 0.25) is 0 Å². The molecule has 2 aromatic heterocycles. The van der Waals surface area contributed by atoms with Crippen LogP contribution in [0.5, 0.6) is 0 Å². The number of imidazole rings is 1. The van der Waals surface area contributed by atoms with Gasteiger partial charge in [-0.05, 0) is 37.5 Å². The van der Waals surface area contributed by atoms with E-state index in [0.717, 1.165) is 34.8 Å². The average Bonchev–Trinajstić information content (AvgIpc) is 3.32. The molecule has 0 bridgehead atoms. The fraction of sp³-hybridized carbons (Fsp3) is 0.316. The zero-order valence-electron chi connectivity index (χ0n) is 14.6. The zero-order chi connectivity index (χ0) is 18.1. The first-order valence-electron chi connectivity index (χ1n) is 8.71. The van der Waals surface area contributed by atoms with Crippen LogP contribution in [-0.4, -0.2) is 35.8 Å². The highest BCUT2D eigenvalue weighted by molar-refractivity contribution is 7.91. The fourth-order valence-corrected chi connectivity index (χ4v) is 6.33. The minimum atomic E-state index is -3.42. The Morgan fingerprint density at radius 2 is 2.00 bits per heavy atom. The molecular formula is C19H21N3O2S2. The SMILES string of the molecule is Cc1ccc(S(=O)(=O)N2CCCC(c3ncc(-c4ccccc4)[nH]3)C2)s1. The first-order valence-corrected chi connectivity index (χ1v) is 11.0. The number of hydrogen-bond donors (Lipinski definition) is 1. The van der Waals surface area contributed by atoms with Crippen molar-refractivity contribution in [2.45, 2.75) is 29.9 Å². The lowest BCUT2D eigenvalue weighted by Crippen LogP contribution is -2.39. The Bertz CT molecular complexity index is 993. The van der Waals surface area contributed by atoms with E-state index in [1.54, 1.807) is 10.4 Å². The smallest absolute Gasteiger partial charge is 0.252 e. The third-order valence-corrected chi connectivity index (χ3v) is 8.09. The first kappa shape index (κ1) is 17.5. The van der Waals surface area contributed by atoms with Crippen LogP contribution in [0.4, 0.5) is 0 Å². The van der Waals surface area contributed by atoms with Crippen LogP contribution in [0.3, 0.4) is 0 Å². The molecule has 26 heavy (non-hydrogen) atoms. The molecule has 0 spiro atoms. The van der Waals surface area contributed by atoms with Gasteiger partial charge in [0.25, 0.3) is 10.0 Å². The van der Waals surface area contributed by atoms with E-state index in [-0.39, 0.29) is 5.92 Å². The van der Waals surface area contributed by atoms with Gasteiger partial charge in [-0.1, -0.05) is 30.3 Å². The molecule has 5 nitrogen and oxygen atoms in total. The molecule has 3 aromatic rings. The fourth-order valence-electron chi connectivity index (χ4n) is 3.37. The molecule has 0 radical (unpaired) electrons. The molecule has 0 aliphatic carbocycles. The number of nitrogens with one attached hydrogen (secondary N) is 1. The second-order valence-electron chi connectivity index (χ2n) is 6.62. The van der Waals surface area contributed by atoms with E-state index in [9.17, 15) is 8.42 Å². The van der Waals surface area contributed by atoms with E-state index in [2.05, 4.69) is 9.97 Å². The van der Waals surface area contributed by atoms with Gasteiger partial charge in [0.15, 0.2) is 0 Å². The van der Waals surface area contributed by atoms with Crippen LogP contribution in [0, 0.1) is 6.92 Å². The third-order valence-electron chi connectivity index (χ3n) is 4.76. The van der Waals surface area contributed by atoms with Gasteiger partial charge in [-0.25, -0.2) is 13.4 Å². The molecule has 1 N–H and O–H groups in total. The van der Waals surface area contributed by atoms with Crippen LogP contribution in [-0.2, 0) is 10.0 Å². The van der Waals surface area contributed by atoms with Crippen LogP contribution >= 0.6 is 11.3 Å². The number of benzene rings is 1. The number of nitrogens with zero attached hydrogens (tertiary/aromatic N) is 2. The summed E-state index contributed by atoms with van der Waals surface area (Å²) in [7, 11) is -3.42. The predicted octanol–water partition coefficient (Wildman–Crippen LogP) is 4.01. The van der Waals surface area contributed by atoms with E-state index in [1.165, 1.54) is 11.3 Å². The highest BCUT2D eigenvalue weighted by atomic mass is 32.2. The Labute approximate surface area is 157 Å². The summed E-state index contributed by atoms with van der Waals surface area (Å²) >= 11 is 1.33. The molecule has 4 rings (SSSR count). The van der Waals surface area contributed by atoms with Crippen LogP contribution in [0.25, 0.3) is 11.3 Å². The number of H-pyrrole nitrogens is 1. The van der Waals surface area contributed by atoms with Gasteiger partial charge in [-0.3, -0.25) is 0 Å². The van der Waals surface area contributed by atoms with Crippen LogP contribution in [0.15, 0.2) is 52.9 Å². The summed E-state index contributed by atoms with van der Waals surface area (Å²) < 4.78 is 27.9. The Balaban J connectivity index is 1.55. The van der Waals surface area contributed by atoms with Crippen molar-refractivity contribution < 1.29 is 8.42 Å². The number of aryl methyl sites for hydroxylation is 1. The van der Waals surface area contributed by atoms with Gasteiger partial charge >= 0.3 is 0 Å². The monoisotopic (exact) mass is 387 g/mol. The van der Waals surface area contributed by atoms with E-state index in [1.807, 2.05) is 49.5 Å². The van der Waals surface area contributed by atoms with Crippen molar-refractivity contribution in [1.29, 1.82) is 0 Å². The standard InChI is InChI=1S/C19H21N3O2S2/c1-14-9-10-18(25-14)26(23,24)22-11-5-8-16(13-22)19-20-12-17(21-19)15-6-3-2-4-7-15/h2-4,6-7,9-10,12,16H,5,8,11,13H2,1H3,(H,20,21). The van der Waals surface area contributed by atoms with Gasteiger partial charge in [0.05, 0.1) is 11.9 Å². The molecule has 136 valence electrons. The molecule has 1 aliphatic heterocycles. The number of hydrogen-bond acceptors (Lipinski definition) is 4. The molecule has 1 atom stereocenters. The molecular weight excluding hydrogens is 366 g/mol. The summed E-state index contributed by atoms with van der Waals surface area (Å²) in [6.45, 7) is 2.97. The molecule has 1 aromatic carbocycles. The maximum Gasteiger partial charge on any atom is 0.252 e. The molecule has 0 saturated carbocycles. The Hall–Kier alpha value is -1.96. The number of sulfonamides is 1. The zero-order valence-corrected chi connectivity index (χ0v) is 16.2. The minimum absolute atomic E-state index is 0.0945. The summed E-state index contributed by atoms with van der Waals surface area (Å²) in [6.07, 6.45) is 3.62. The van der Waals surface area contributed by atoms with Gasteiger partial charge in [0, 0.05) is 23.9 Å². The molecule has 1 fully saturated rings. The van der Waals surface area contributed by atoms with E-state index in [4.69, 9.17) is 0 Å². The van der Waals surface area contributed by atoms with Crippen molar-refractivity contribution in [3.63, 3.8) is 0 Å². The van der Waals surface area contributed by atoms with Crippen molar-refractivity contribution in [2.75, 3.05) is 13.1 Å². The van der Waals surface area contributed by atoms with Crippen LogP contribution in [0.1, 0.15) is 29.5 Å². The topological polar surface area (TPSA) is 66.1 Å². The maximum atomic E-state index is 12.9. The first-order chi connectivity index (χ1) is 12.5. The molecule has 1 unspecified atom stereocenters. The van der Waals surface area contributed by atoms with E-state index < -0.39 is 10.0 Å². The highest BCUT2D eigenvalue weighted by Crippen LogP contribution is 2.32. The maximum absolute atomic E-state index is 12.9. The molecule has 0 amide bonds. The summed E-state index contributed by atoms with van der Waals surface area (Å²) in [6, 6.07) is 13.6. The lowest BCUT2D eigenvalue weighted by atomic mass is 9.99. The highest BCUT2D eigenvalue weighted by Gasteiger charge is 2.32. The van der Waals surface area contributed by atoms with Gasteiger partial charge in [0.1, 0.15) is 10.0 Å². The average molecular weight is 388 g/mol. The van der Waals surface area contributed by atoms with Crippen LogP contribution in [0.2, 0.25) is 0 Å². The van der Waals surface area contributed by atoms with Crippen molar-refractivity contribution in [3.05, 3.63) is 59.4 Å². The van der Waals surface area contributed by atoms with E-state index >= 15 is 0 Å². The summed E-state index contributed by atoms with van der Waals surface area (Å²) in [5.41, 5.74) is 2.05. The van der Waals surface area contributed by atoms with E-state index in [0.29, 0.717) is 17.3 Å². The number of aromatic amines is 1. The number of piperidine rings is 1. The van der Waals surface area contributed by atoms with Crippen molar-refractivity contribution in [1.82, 2.24) is 14.3 Å². The van der Waals surface area contributed by atoms with Crippen LogP contribution < -0.4 is 0 Å². The number of thiophene rings is 1. The molecule has 1 saturated heterocycles. The summed E-state index contributed by atoms with van der Waals surface area (Å²) in [5, 5.41) is 0. The third kappa shape index (κ3) is 3.34. The van der Waals surface area contributed by atoms with Crippen molar-refractivity contribution in [2.24, 2.45) is 0 Å². The Kier molecular flexibility index (Phi) is 4.69. The van der Waals surface area contributed by atoms with Gasteiger partial charge in [-0.15, -0.1) is 11.3 Å². The van der Waals surface area contributed by atoms with Gasteiger partial charge < -0.3 is 4.98 Å². The Morgan fingerprint density at radius 3 is 2.73 bits per heavy atom. The molecule has 3 heterocycles. The van der Waals surface area contributed by atoms with Gasteiger partial charge in [-0.2, -0.15) is 4.31 Å². The second kappa shape index (κ2) is 6.98. The molecule has 1 aliphatic rings. The normalized spacial score (nSPS) is 18.9. The minimum Gasteiger partial charge on any atom is -0.342 e.